The fourth-order valence-corrected chi connectivity index (χ4v) is 3.32. The molecule has 0 aromatic heterocycles. The van der Waals surface area contributed by atoms with E-state index in [4.69, 9.17) is 10.5 Å². The van der Waals surface area contributed by atoms with Crippen molar-refractivity contribution in [3.05, 3.63) is 29.8 Å². The first-order valence-corrected chi connectivity index (χ1v) is 9.05. The standard InChI is InChI=1S/C15H23N3O4S/c1-10(18-15(19)14-7-6-12(9-16)22-14)11-4-3-5-13(8-11)23(20,21)17-2/h3-5,8,10,12,14,17H,6-7,9,16H2,1-2H3,(H,18,19)/t10?,12-,14+/m1/s1. The Balaban J connectivity index is 2.05. The van der Waals surface area contributed by atoms with E-state index in [0.29, 0.717) is 18.5 Å². The quantitative estimate of drug-likeness (QED) is 0.688. The lowest BCUT2D eigenvalue weighted by Gasteiger charge is -2.18. The maximum absolute atomic E-state index is 12.2. The second-order valence-corrected chi connectivity index (χ2v) is 7.46. The third-order valence-electron chi connectivity index (χ3n) is 3.96. The molecule has 1 saturated heterocycles. The monoisotopic (exact) mass is 341 g/mol. The lowest BCUT2D eigenvalue weighted by molar-refractivity contribution is -0.132. The molecule has 0 aliphatic carbocycles. The highest BCUT2D eigenvalue weighted by Crippen LogP contribution is 2.21. The molecule has 128 valence electrons. The van der Waals surface area contributed by atoms with Gasteiger partial charge in [-0.1, -0.05) is 12.1 Å². The largest absolute Gasteiger partial charge is 0.364 e. The maximum atomic E-state index is 12.2. The van der Waals surface area contributed by atoms with Crippen LogP contribution in [0.2, 0.25) is 0 Å². The summed E-state index contributed by atoms with van der Waals surface area (Å²) in [6.07, 6.45) is 0.869. The number of carbonyl (C=O) groups excluding carboxylic acids is 1. The number of nitrogens with one attached hydrogen (secondary N) is 2. The van der Waals surface area contributed by atoms with Gasteiger partial charge in [-0.15, -0.1) is 0 Å². The van der Waals surface area contributed by atoms with Crippen molar-refractivity contribution in [1.29, 1.82) is 0 Å². The van der Waals surface area contributed by atoms with Crippen molar-refractivity contribution in [3.63, 3.8) is 0 Å². The molecule has 1 heterocycles. The third kappa shape index (κ3) is 4.29. The Morgan fingerprint density at radius 3 is 2.78 bits per heavy atom. The number of ether oxygens (including phenoxy) is 1. The predicted octanol–water partition coefficient (Wildman–Crippen LogP) is 0.278. The zero-order chi connectivity index (χ0) is 17.0. The van der Waals surface area contributed by atoms with E-state index in [2.05, 4.69) is 10.0 Å². The second-order valence-electron chi connectivity index (χ2n) is 5.57. The first-order chi connectivity index (χ1) is 10.9. The van der Waals surface area contributed by atoms with Gasteiger partial charge in [0, 0.05) is 6.54 Å². The molecule has 1 aliphatic heterocycles. The minimum atomic E-state index is -3.51. The van der Waals surface area contributed by atoms with Gasteiger partial charge in [-0.25, -0.2) is 13.1 Å². The molecule has 2 rings (SSSR count). The molecular formula is C15H23N3O4S. The Kier molecular flexibility index (Phi) is 5.74. The van der Waals surface area contributed by atoms with Crippen LogP contribution in [-0.2, 0) is 19.6 Å². The summed E-state index contributed by atoms with van der Waals surface area (Å²) in [5.41, 5.74) is 6.25. The van der Waals surface area contributed by atoms with Crippen LogP contribution in [0.1, 0.15) is 31.4 Å². The molecule has 1 aromatic carbocycles. The zero-order valence-electron chi connectivity index (χ0n) is 13.3. The van der Waals surface area contributed by atoms with Gasteiger partial charge in [-0.05, 0) is 44.5 Å². The van der Waals surface area contributed by atoms with Crippen LogP contribution in [0.4, 0.5) is 0 Å². The first-order valence-electron chi connectivity index (χ1n) is 7.56. The van der Waals surface area contributed by atoms with Gasteiger partial charge in [0.05, 0.1) is 17.0 Å². The van der Waals surface area contributed by atoms with Gasteiger partial charge in [0.25, 0.3) is 0 Å². The number of carbonyl (C=O) groups is 1. The molecule has 1 unspecified atom stereocenters. The summed E-state index contributed by atoms with van der Waals surface area (Å²) >= 11 is 0. The molecule has 1 amide bonds. The minimum Gasteiger partial charge on any atom is -0.364 e. The van der Waals surface area contributed by atoms with Gasteiger partial charge in [0.2, 0.25) is 15.9 Å². The van der Waals surface area contributed by atoms with E-state index in [1.54, 1.807) is 25.1 Å². The SMILES string of the molecule is CNS(=O)(=O)c1cccc(C(C)NC(=O)[C@@H]2CC[C@H](CN)O2)c1. The number of benzene rings is 1. The fraction of sp³-hybridized carbons (Fsp3) is 0.533. The van der Waals surface area contributed by atoms with Gasteiger partial charge in [-0.2, -0.15) is 0 Å². The van der Waals surface area contributed by atoms with E-state index in [0.717, 1.165) is 6.42 Å². The molecule has 0 saturated carbocycles. The van der Waals surface area contributed by atoms with Crippen LogP contribution in [0.5, 0.6) is 0 Å². The Labute approximate surface area is 136 Å². The van der Waals surface area contributed by atoms with Crippen molar-refractivity contribution >= 4 is 15.9 Å². The van der Waals surface area contributed by atoms with Crippen LogP contribution in [0.15, 0.2) is 29.2 Å². The van der Waals surface area contributed by atoms with Crippen LogP contribution >= 0.6 is 0 Å². The summed E-state index contributed by atoms with van der Waals surface area (Å²) in [6.45, 7) is 2.21. The first kappa shape index (κ1) is 17.9. The molecule has 3 atom stereocenters. The smallest absolute Gasteiger partial charge is 0.249 e. The van der Waals surface area contributed by atoms with Crippen LogP contribution in [0.25, 0.3) is 0 Å². The van der Waals surface area contributed by atoms with Gasteiger partial charge < -0.3 is 15.8 Å². The van der Waals surface area contributed by atoms with E-state index in [-0.39, 0.29) is 22.9 Å². The number of nitrogens with two attached hydrogens (primary N) is 1. The summed E-state index contributed by atoms with van der Waals surface area (Å²) in [5, 5.41) is 2.86. The summed E-state index contributed by atoms with van der Waals surface area (Å²) < 4.78 is 31.5. The highest BCUT2D eigenvalue weighted by Gasteiger charge is 2.30. The highest BCUT2D eigenvalue weighted by atomic mass is 32.2. The van der Waals surface area contributed by atoms with E-state index in [9.17, 15) is 13.2 Å². The maximum Gasteiger partial charge on any atom is 0.249 e. The van der Waals surface area contributed by atoms with Crippen LogP contribution in [-0.4, -0.2) is 40.1 Å². The number of hydrogen-bond donors (Lipinski definition) is 3. The summed E-state index contributed by atoms with van der Waals surface area (Å²) in [6, 6.07) is 6.16. The van der Waals surface area contributed by atoms with Gasteiger partial charge in [0.15, 0.2) is 0 Å². The van der Waals surface area contributed by atoms with Crippen molar-refractivity contribution < 1.29 is 17.9 Å². The Hall–Kier alpha value is -1.48. The number of hydrogen-bond acceptors (Lipinski definition) is 5. The van der Waals surface area contributed by atoms with E-state index in [1.165, 1.54) is 13.1 Å². The number of rotatable bonds is 6. The minimum absolute atomic E-state index is 0.0647. The molecule has 4 N–H and O–H groups in total. The topological polar surface area (TPSA) is 111 Å². The predicted molar refractivity (Wildman–Crippen MR) is 86.2 cm³/mol. The molecule has 8 heteroatoms. The van der Waals surface area contributed by atoms with Crippen LogP contribution in [0, 0.1) is 0 Å². The van der Waals surface area contributed by atoms with Crippen molar-refractivity contribution in [3.8, 4) is 0 Å². The molecule has 0 radical (unpaired) electrons. The molecule has 0 bridgehead atoms. The van der Waals surface area contributed by atoms with E-state index in [1.807, 2.05) is 0 Å². The fourth-order valence-electron chi connectivity index (χ4n) is 2.53. The van der Waals surface area contributed by atoms with Gasteiger partial charge >= 0.3 is 0 Å². The van der Waals surface area contributed by atoms with E-state index >= 15 is 0 Å². The zero-order valence-corrected chi connectivity index (χ0v) is 14.1. The second kappa shape index (κ2) is 7.39. The normalized spacial score (nSPS) is 22.7. The summed E-state index contributed by atoms with van der Waals surface area (Å²) in [4.78, 5) is 12.4. The average Bonchev–Trinajstić information content (AvgIpc) is 3.04. The molecule has 1 aliphatic rings. The van der Waals surface area contributed by atoms with Crippen LogP contribution in [0.3, 0.4) is 0 Å². The molecule has 0 spiro atoms. The van der Waals surface area contributed by atoms with Gasteiger partial charge in [-0.3, -0.25) is 4.79 Å². The average molecular weight is 341 g/mol. The van der Waals surface area contributed by atoms with Crippen molar-refractivity contribution in [2.24, 2.45) is 5.73 Å². The molecule has 1 aromatic rings. The van der Waals surface area contributed by atoms with E-state index < -0.39 is 16.1 Å². The van der Waals surface area contributed by atoms with Crippen LogP contribution < -0.4 is 15.8 Å². The number of amides is 1. The Morgan fingerprint density at radius 2 is 2.17 bits per heavy atom. The third-order valence-corrected chi connectivity index (χ3v) is 5.37. The van der Waals surface area contributed by atoms with Gasteiger partial charge in [0.1, 0.15) is 6.10 Å². The Morgan fingerprint density at radius 1 is 1.43 bits per heavy atom. The molecule has 7 nitrogen and oxygen atoms in total. The molecule has 23 heavy (non-hydrogen) atoms. The molecule has 1 fully saturated rings. The summed E-state index contributed by atoms with van der Waals surface area (Å²) in [5.74, 6) is -0.199. The lowest BCUT2D eigenvalue weighted by Crippen LogP contribution is -2.37. The van der Waals surface area contributed by atoms with Crippen molar-refractivity contribution in [2.45, 2.75) is 42.9 Å². The number of sulfonamides is 1. The molecular weight excluding hydrogens is 318 g/mol. The van der Waals surface area contributed by atoms with Crippen molar-refractivity contribution in [2.75, 3.05) is 13.6 Å². The highest BCUT2D eigenvalue weighted by molar-refractivity contribution is 7.89. The summed E-state index contributed by atoms with van der Waals surface area (Å²) in [7, 11) is -2.15. The van der Waals surface area contributed by atoms with Crippen molar-refractivity contribution in [1.82, 2.24) is 10.0 Å². The Bertz CT molecular complexity index is 662. The lowest BCUT2D eigenvalue weighted by atomic mass is 10.1.